The maximum absolute atomic E-state index is 10.3. The average Bonchev–Trinajstić information content (AvgIpc) is 2.13. The maximum atomic E-state index is 10.3. The summed E-state index contributed by atoms with van der Waals surface area (Å²) in [5.41, 5.74) is 0. The summed E-state index contributed by atoms with van der Waals surface area (Å²) >= 11 is 3.25. The Morgan fingerprint density at radius 2 is 2.44 bits per heavy atom. The molecule has 0 spiro atoms. The number of hydrogen-bond donors (Lipinski definition) is 1. The SMILES string of the molecule is O=C(O)c1sccc1I. The minimum Gasteiger partial charge on any atom is -0.477 e. The Kier molecular flexibility index (Phi) is 2.07. The summed E-state index contributed by atoms with van der Waals surface area (Å²) in [6.07, 6.45) is 0. The van der Waals surface area contributed by atoms with Crippen LogP contribution in [0.25, 0.3) is 0 Å². The first-order valence-corrected chi connectivity index (χ1v) is 4.14. The molecule has 0 bridgehead atoms. The van der Waals surface area contributed by atoms with Gasteiger partial charge in [-0.25, -0.2) is 4.79 Å². The van der Waals surface area contributed by atoms with E-state index in [-0.39, 0.29) is 0 Å². The molecule has 0 fully saturated rings. The number of carboxylic acid groups (broad SMARTS) is 1. The summed E-state index contributed by atoms with van der Waals surface area (Å²) in [7, 11) is 0. The third-order valence-corrected chi connectivity index (χ3v) is 2.98. The first-order valence-electron chi connectivity index (χ1n) is 2.18. The molecule has 0 saturated carbocycles. The van der Waals surface area contributed by atoms with Gasteiger partial charge in [-0.3, -0.25) is 0 Å². The number of rotatable bonds is 1. The zero-order valence-corrected chi connectivity index (χ0v) is 7.27. The smallest absolute Gasteiger partial charge is 0.346 e. The van der Waals surface area contributed by atoms with Crippen molar-refractivity contribution in [2.45, 2.75) is 0 Å². The van der Waals surface area contributed by atoms with Crippen molar-refractivity contribution < 1.29 is 9.90 Å². The molecule has 1 aromatic heterocycles. The highest BCUT2D eigenvalue weighted by molar-refractivity contribution is 14.1. The Labute approximate surface area is 69.7 Å². The standard InChI is InChI=1S/C5H3IO2S/c6-3-1-2-9-4(3)5(7)8/h1-2H,(H,7,8). The summed E-state index contributed by atoms with van der Waals surface area (Å²) in [6.45, 7) is 0. The number of thiophene rings is 1. The fourth-order valence-electron chi connectivity index (χ4n) is 0.446. The minimum absolute atomic E-state index is 0.426. The molecular weight excluding hydrogens is 251 g/mol. The molecule has 1 N–H and O–H groups in total. The van der Waals surface area contributed by atoms with Gasteiger partial charge in [0.15, 0.2) is 0 Å². The van der Waals surface area contributed by atoms with E-state index in [4.69, 9.17) is 5.11 Å². The van der Waals surface area contributed by atoms with Gasteiger partial charge >= 0.3 is 5.97 Å². The van der Waals surface area contributed by atoms with Crippen molar-refractivity contribution in [3.8, 4) is 0 Å². The topological polar surface area (TPSA) is 37.3 Å². The van der Waals surface area contributed by atoms with Crippen LogP contribution >= 0.6 is 33.9 Å². The minimum atomic E-state index is -0.839. The third-order valence-electron chi connectivity index (χ3n) is 0.811. The van der Waals surface area contributed by atoms with Crippen molar-refractivity contribution in [1.82, 2.24) is 0 Å². The first kappa shape index (κ1) is 7.01. The van der Waals surface area contributed by atoms with E-state index in [0.717, 1.165) is 3.57 Å². The summed E-state index contributed by atoms with van der Waals surface area (Å²) in [5, 5.41) is 10.2. The fraction of sp³-hybridized carbons (Fsp3) is 0. The van der Waals surface area contributed by atoms with Gasteiger partial charge in [-0.05, 0) is 34.0 Å². The molecule has 0 amide bonds. The lowest BCUT2D eigenvalue weighted by Crippen LogP contribution is -1.92. The van der Waals surface area contributed by atoms with Crippen LogP contribution in [0.5, 0.6) is 0 Å². The fourth-order valence-corrected chi connectivity index (χ4v) is 2.10. The molecule has 0 aliphatic rings. The molecule has 1 rings (SSSR count). The Balaban J connectivity index is 3.08. The van der Waals surface area contributed by atoms with Crippen LogP contribution < -0.4 is 0 Å². The number of halogens is 1. The maximum Gasteiger partial charge on any atom is 0.346 e. The van der Waals surface area contributed by atoms with Crippen LogP contribution in [-0.4, -0.2) is 11.1 Å². The molecule has 0 aliphatic carbocycles. The lowest BCUT2D eigenvalue weighted by Gasteiger charge is -1.84. The van der Waals surface area contributed by atoms with Crippen LogP contribution in [0, 0.1) is 3.57 Å². The number of carbonyl (C=O) groups is 1. The van der Waals surface area contributed by atoms with E-state index in [2.05, 4.69) is 0 Å². The Hall–Kier alpha value is -0.100. The van der Waals surface area contributed by atoms with E-state index >= 15 is 0 Å². The average molecular weight is 254 g/mol. The molecule has 0 aromatic carbocycles. The van der Waals surface area contributed by atoms with Crippen molar-refractivity contribution in [2.75, 3.05) is 0 Å². The summed E-state index contributed by atoms with van der Waals surface area (Å²) < 4.78 is 0.810. The van der Waals surface area contributed by atoms with Crippen LogP contribution in [0.3, 0.4) is 0 Å². The number of aromatic carboxylic acids is 1. The molecule has 0 atom stereocenters. The van der Waals surface area contributed by atoms with Crippen molar-refractivity contribution in [3.05, 3.63) is 19.9 Å². The van der Waals surface area contributed by atoms with Crippen molar-refractivity contribution in [1.29, 1.82) is 0 Å². The van der Waals surface area contributed by atoms with Gasteiger partial charge in [-0.15, -0.1) is 11.3 Å². The van der Waals surface area contributed by atoms with E-state index in [1.54, 1.807) is 11.4 Å². The van der Waals surface area contributed by atoms with Crippen molar-refractivity contribution in [2.24, 2.45) is 0 Å². The molecule has 1 heterocycles. The predicted octanol–water partition coefficient (Wildman–Crippen LogP) is 2.05. The molecule has 0 aliphatic heterocycles. The highest BCUT2D eigenvalue weighted by Gasteiger charge is 2.07. The van der Waals surface area contributed by atoms with Gasteiger partial charge in [-0.1, -0.05) is 0 Å². The Morgan fingerprint density at radius 1 is 1.78 bits per heavy atom. The van der Waals surface area contributed by atoms with Gasteiger partial charge < -0.3 is 5.11 Å². The largest absolute Gasteiger partial charge is 0.477 e. The normalized spacial score (nSPS) is 9.44. The molecule has 0 radical (unpaired) electrons. The molecule has 0 unspecified atom stereocenters. The van der Waals surface area contributed by atoms with Crippen LogP contribution in [0.1, 0.15) is 9.67 Å². The number of hydrogen-bond acceptors (Lipinski definition) is 2. The van der Waals surface area contributed by atoms with E-state index in [1.165, 1.54) is 11.3 Å². The van der Waals surface area contributed by atoms with Crippen LogP contribution in [0.15, 0.2) is 11.4 Å². The Morgan fingerprint density at radius 3 is 2.67 bits per heavy atom. The molecule has 4 heteroatoms. The van der Waals surface area contributed by atoms with Crippen LogP contribution in [0.2, 0.25) is 0 Å². The third kappa shape index (κ3) is 1.42. The van der Waals surface area contributed by atoms with E-state index in [0.29, 0.717) is 4.88 Å². The van der Waals surface area contributed by atoms with E-state index < -0.39 is 5.97 Å². The van der Waals surface area contributed by atoms with E-state index in [1.807, 2.05) is 22.6 Å². The molecular formula is C5H3IO2S. The van der Waals surface area contributed by atoms with Crippen LogP contribution in [0.4, 0.5) is 0 Å². The first-order chi connectivity index (χ1) is 4.22. The monoisotopic (exact) mass is 254 g/mol. The van der Waals surface area contributed by atoms with Crippen LogP contribution in [-0.2, 0) is 0 Å². The summed E-state index contributed by atoms with van der Waals surface area (Å²) in [4.78, 5) is 10.7. The molecule has 1 aromatic rings. The van der Waals surface area contributed by atoms with Gasteiger partial charge in [0.1, 0.15) is 4.88 Å². The predicted molar refractivity (Wildman–Crippen MR) is 44.0 cm³/mol. The second-order valence-electron chi connectivity index (χ2n) is 1.40. The van der Waals surface area contributed by atoms with Gasteiger partial charge in [0.2, 0.25) is 0 Å². The molecule has 9 heavy (non-hydrogen) atoms. The van der Waals surface area contributed by atoms with Crippen molar-refractivity contribution >= 4 is 39.9 Å². The zero-order valence-electron chi connectivity index (χ0n) is 4.30. The quantitative estimate of drug-likeness (QED) is 0.779. The molecule has 2 nitrogen and oxygen atoms in total. The van der Waals surface area contributed by atoms with Crippen molar-refractivity contribution in [3.63, 3.8) is 0 Å². The highest BCUT2D eigenvalue weighted by Crippen LogP contribution is 2.17. The summed E-state index contributed by atoms with van der Waals surface area (Å²) in [5.74, 6) is -0.839. The second-order valence-corrected chi connectivity index (χ2v) is 3.48. The second kappa shape index (κ2) is 2.66. The number of carboxylic acids is 1. The summed E-state index contributed by atoms with van der Waals surface area (Å²) in [6, 6.07) is 1.79. The van der Waals surface area contributed by atoms with Gasteiger partial charge in [0, 0.05) is 3.57 Å². The van der Waals surface area contributed by atoms with Gasteiger partial charge in [0.05, 0.1) is 0 Å². The molecule has 0 saturated heterocycles. The molecule has 48 valence electrons. The zero-order chi connectivity index (χ0) is 6.85. The Bertz CT molecular complexity index is 231. The lowest BCUT2D eigenvalue weighted by atomic mass is 10.5. The van der Waals surface area contributed by atoms with Gasteiger partial charge in [-0.2, -0.15) is 0 Å². The van der Waals surface area contributed by atoms with Gasteiger partial charge in [0.25, 0.3) is 0 Å². The lowest BCUT2D eigenvalue weighted by molar-refractivity contribution is 0.0701. The van der Waals surface area contributed by atoms with E-state index in [9.17, 15) is 4.79 Å². The highest BCUT2D eigenvalue weighted by atomic mass is 127.